The van der Waals surface area contributed by atoms with Crippen LogP contribution in [0.1, 0.15) is 6.92 Å². The maximum atomic E-state index is 11.1. The van der Waals surface area contributed by atoms with Crippen molar-refractivity contribution in [3.8, 4) is 0 Å². The number of likely N-dealkylation sites (N-methyl/N-ethyl adjacent to an activating group) is 1. The molecule has 2 atom stereocenters. The summed E-state index contributed by atoms with van der Waals surface area (Å²) in [5, 5.41) is 14.0. The Hall–Kier alpha value is -1.96. The Morgan fingerprint density at radius 1 is 1.50 bits per heavy atom. The van der Waals surface area contributed by atoms with Crippen LogP contribution in [0.5, 0.6) is 0 Å². The Labute approximate surface area is 118 Å². The summed E-state index contributed by atoms with van der Waals surface area (Å²) in [4.78, 5) is 23.0. The second-order valence-corrected chi connectivity index (χ2v) is 5.32. The van der Waals surface area contributed by atoms with Crippen LogP contribution < -0.4 is 10.2 Å². The summed E-state index contributed by atoms with van der Waals surface area (Å²) in [5.41, 5.74) is -0.0457. The van der Waals surface area contributed by atoms with Crippen molar-refractivity contribution in [2.45, 2.75) is 13.0 Å². The van der Waals surface area contributed by atoms with E-state index in [2.05, 4.69) is 27.1 Å². The zero-order chi connectivity index (χ0) is 14.9. The van der Waals surface area contributed by atoms with Gasteiger partial charge in [0.1, 0.15) is 6.20 Å². The minimum Gasteiger partial charge on any atom is -0.357 e. The van der Waals surface area contributed by atoms with E-state index in [0.717, 1.165) is 13.1 Å². The van der Waals surface area contributed by atoms with E-state index < -0.39 is 4.92 Å². The number of anilines is 2. The van der Waals surface area contributed by atoms with E-state index in [1.54, 1.807) is 7.05 Å². The molecule has 2 heterocycles. The van der Waals surface area contributed by atoms with Gasteiger partial charge in [0.25, 0.3) is 0 Å². The third-order valence-electron chi connectivity index (χ3n) is 3.71. The van der Waals surface area contributed by atoms with Gasteiger partial charge in [-0.2, -0.15) is 4.98 Å². The molecule has 1 N–H and O–H groups in total. The fourth-order valence-electron chi connectivity index (χ4n) is 2.64. The predicted octanol–water partition coefficient (Wildman–Crippen LogP) is 0.813. The van der Waals surface area contributed by atoms with Crippen molar-refractivity contribution >= 4 is 17.5 Å². The first-order chi connectivity index (χ1) is 9.43. The van der Waals surface area contributed by atoms with Crippen LogP contribution in [-0.2, 0) is 0 Å². The van der Waals surface area contributed by atoms with Crippen LogP contribution >= 0.6 is 0 Å². The van der Waals surface area contributed by atoms with Crippen LogP contribution in [0.15, 0.2) is 6.20 Å². The van der Waals surface area contributed by atoms with E-state index in [-0.39, 0.29) is 5.69 Å². The van der Waals surface area contributed by atoms with Crippen LogP contribution in [0.4, 0.5) is 17.5 Å². The molecule has 0 aromatic carbocycles. The van der Waals surface area contributed by atoms with Crippen LogP contribution in [0, 0.1) is 16.0 Å². The van der Waals surface area contributed by atoms with E-state index >= 15 is 0 Å². The molecule has 0 saturated carbocycles. The van der Waals surface area contributed by atoms with E-state index in [4.69, 9.17) is 0 Å². The molecule has 110 valence electrons. The Morgan fingerprint density at radius 2 is 2.20 bits per heavy atom. The molecular formula is C12H20N6O2. The van der Waals surface area contributed by atoms with Crippen molar-refractivity contribution in [3.05, 3.63) is 16.3 Å². The third-order valence-corrected chi connectivity index (χ3v) is 3.71. The molecule has 8 nitrogen and oxygen atoms in total. The Balaban J connectivity index is 2.34. The number of hydrogen-bond donors (Lipinski definition) is 1. The Morgan fingerprint density at radius 3 is 2.70 bits per heavy atom. The largest absolute Gasteiger partial charge is 0.357 e. The Kier molecular flexibility index (Phi) is 4.03. The SMILES string of the molecule is CNc1ncc([N+](=O)[O-])c(N2CC(C)C(N(C)C)C2)n1. The summed E-state index contributed by atoms with van der Waals surface area (Å²) in [6, 6.07) is 0.364. The van der Waals surface area contributed by atoms with Crippen LogP contribution in [-0.4, -0.2) is 60.1 Å². The lowest BCUT2D eigenvalue weighted by molar-refractivity contribution is -0.384. The molecule has 0 spiro atoms. The number of nitrogens with one attached hydrogen (secondary N) is 1. The first-order valence-electron chi connectivity index (χ1n) is 6.54. The van der Waals surface area contributed by atoms with Crippen LogP contribution in [0.3, 0.4) is 0 Å². The molecule has 1 aliphatic heterocycles. The number of aromatic nitrogens is 2. The molecule has 1 fully saturated rings. The van der Waals surface area contributed by atoms with Crippen molar-refractivity contribution in [1.82, 2.24) is 14.9 Å². The van der Waals surface area contributed by atoms with Gasteiger partial charge in [-0.1, -0.05) is 6.92 Å². The molecular weight excluding hydrogens is 260 g/mol. The molecule has 0 aliphatic carbocycles. The highest BCUT2D eigenvalue weighted by molar-refractivity contribution is 5.59. The van der Waals surface area contributed by atoms with Gasteiger partial charge in [-0.25, -0.2) is 4.98 Å². The average molecular weight is 280 g/mol. The zero-order valence-electron chi connectivity index (χ0n) is 12.2. The highest BCUT2D eigenvalue weighted by Crippen LogP contribution is 2.31. The quantitative estimate of drug-likeness (QED) is 0.645. The topological polar surface area (TPSA) is 87.4 Å². The average Bonchev–Trinajstić information content (AvgIpc) is 2.80. The third kappa shape index (κ3) is 2.64. The summed E-state index contributed by atoms with van der Waals surface area (Å²) in [7, 11) is 5.75. The number of nitrogens with zero attached hydrogens (tertiary/aromatic N) is 5. The number of hydrogen-bond acceptors (Lipinski definition) is 7. The molecule has 2 unspecified atom stereocenters. The van der Waals surface area contributed by atoms with E-state index in [0.29, 0.717) is 23.7 Å². The lowest BCUT2D eigenvalue weighted by atomic mass is 10.1. The minimum atomic E-state index is -0.428. The molecule has 1 saturated heterocycles. The maximum Gasteiger partial charge on any atom is 0.329 e. The van der Waals surface area contributed by atoms with Gasteiger partial charge in [0.15, 0.2) is 0 Å². The summed E-state index contributed by atoms with van der Waals surface area (Å²) < 4.78 is 0. The zero-order valence-corrected chi connectivity index (χ0v) is 12.2. The van der Waals surface area contributed by atoms with Gasteiger partial charge >= 0.3 is 5.69 Å². The van der Waals surface area contributed by atoms with E-state index in [1.807, 2.05) is 19.0 Å². The highest BCUT2D eigenvalue weighted by Gasteiger charge is 2.35. The predicted molar refractivity (Wildman–Crippen MR) is 77.1 cm³/mol. The molecule has 1 aromatic heterocycles. The van der Waals surface area contributed by atoms with Crippen molar-refractivity contribution in [3.63, 3.8) is 0 Å². The molecule has 1 aromatic rings. The minimum absolute atomic E-state index is 0.0457. The summed E-state index contributed by atoms with van der Waals surface area (Å²) in [6.07, 6.45) is 1.27. The summed E-state index contributed by atoms with van der Waals surface area (Å²) in [5.74, 6) is 1.22. The van der Waals surface area contributed by atoms with Crippen molar-refractivity contribution in [2.75, 3.05) is 44.4 Å². The second-order valence-electron chi connectivity index (χ2n) is 5.32. The van der Waals surface area contributed by atoms with Gasteiger partial charge in [-0.05, 0) is 20.0 Å². The normalized spacial score (nSPS) is 22.4. The Bertz CT molecular complexity index is 507. The smallest absolute Gasteiger partial charge is 0.329 e. The summed E-state index contributed by atoms with van der Waals surface area (Å²) in [6.45, 7) is 3.63. The van der Waals surface area contributed by atoms with Crippen molar-refractivity contribution < 1.29 is 4.92 Å². The molecule has 0 amide bonds. The fourth-order valence-corrected chi connectivity index (χ4v) is 2.64. The van der Waals surface area contributed by atoms with Crippen LogP contribution in [0.2, 0.25) is 0 Å². The van der Waals surface area contributed by atoms with Gasteiger partial charge in [-0.15, -0.1) is 0 Å². The summed E-state index contributed by atoms with van der Waals surface area (Å²) >= 11 is 0. The maximum absolute atomic E-state index is 11.1. The number of nitro groups is 1. The molecule has 0 bridgehead atoms. The van der Waals surface area contributed by atoms with Gasteiger partial charge in [0, 0.05) is 26.2 Å². The van der Waals surface area contributed by atoms with Gasteiger partial charge in [-0.3, -0.25) is 10.1 Å². The van der Waals surface area contributed by atoms with Gasteiger partial charge in [0.05, 0.1) is 4.92 Å². The molecule has 8 heteroatoms. The second kappa shape index (κ2) is 5.58. The fraction of sp³-hybridized carbons (Fsp3) is 0.667. The molecule has 0 radical (unpaired) electrons. The van der Waals surface area contributed by atoms with Gasteiger partial charge in [0.2, 0.25) is 11.8 Å². The molecule has 1 aliphatic rings. The lowest BCUT2D eigenvalue weighted by Gasteiger charge is -2.22. The number of rotatable bonds is 4. The monoisotopic (exact) mass is 280 g/mol. The molecule has 2 rings (SSSR count). The first-order valence-corrected chi connectivity index (χ1v) is 6.54. The van der Waals surface area contributed by atoms with E-state index in [1.165, 1.54) is 6.20 Å². The highest BCUT2D eigenvalue weighted by atomic mass is 16.6. The molecule has 20 heavy (non-hydrogen) atoms. The van der Waals surface area contributed by atoms with Gasteiger partial charge < -0.3 is 15.1 Å². The van der Waals surface area contributed by atoms with Crippen molar-refractivity contribution in [2.24, 2.45) is 5.92 Å². The first kappa shape index (κ1) is 14.4. The standard InChI is InChI=1S/C12H20N6O2/c1-8-6-17(7-10(8)16(3)4)11-9(18(19)20)5-14-12(13-2)15-11/h5,8,10H,6-7H2,1-4H3,(H,13,14,15). The van der Waals surface area contributed by atoms with Crippen LogP contribution in [0.25, 0.3) is 0 Å². The van der Waals surface area contributed by atoms with Crippen molar-refractivity contribution in [1.29, 1.82) is 0 Å². The lowest BCUT2D eigenvalue weighted by Crippen LogP contribution is -2.34. The van der Waals surface area contributed by atoms with E-state index in [9.17, 15) is 10.1 Å².